The molecule has 3 aromatic rings. The molecule has 108 valence electrons. The summed E-state index contributed by atoms with van der Waals surface area (Å²) in [6, 6.07) is 12.6. The Labute approximate surface area is 122 Å². The molecule has 5 heteroatoms. The normalized spacial score (nSPS) is 12.7. The van der Waals surface area contributed by atoms with Gasteiger partial charge in [-0.25, -0.2) is 9.07 Å². The quantitative estimate of drug-likeness (QED) is 0.800. The first kappa shape index (κ1) is 13.7. The molecule has 0 aliphatic carbocycles. The van der Waals surface area contributed by atoms with Crippen LogP contribution in [-0.2, 0) is 0 Å². The Morgan fingerprint density at radius 3 is 2.81 bits per heavy atom. The van der Waals surface area contributed by atoms with E-state index in [9.17, 15) is 4.39 Å². The molecule has 4 nitrogen and oxygen atoms in total. The molecule has 0 fully saturated rings. The maximum Gasteiger partial charge on any atom is 0.130 e. The molecule has 0 aliphatic rings. The molecule has 0 spiro atoms. The van der Waals surface area contributed by atoms with Gasteiger partial charge < -0.3 is 5.32 Å². The summed E-state index contributed by atoms with van der Waals surface area (Å²) in [6.07, 6.45) is 0. The van der Waals surface area contributed by atoms with E-state index in [4.69, 9.17) is 0 Å². The van der Waals surface area contributed by atoms with Gasteiger partial charge in [-0.1, -0.05) is 30.3 Å². The summed E-state index contributed by atoms with van der Waals surface area (Å²) >= 11 is 0. The molecule has 1 N–H and O–H groups in total. The van der Waals surface area contributed by atoms with Crippen molar-refractivity contribution in [3.8, 4) is 5.69 Å². The SMILES string of the molecule is CCNC(C)c1c(F)cccc1-n1nnc2ccccc21. The summed E-state index contributed by atoms with van der Waals surface area (Å²) in [5.41, 5.74) is 2.99. The zero-order valence-corrected chi connectivity index (χ0v) is 12.0. The zero-order chi connectivity index (χ0) is 14.8. The van der Waals surface area contributed by atoms with E-state index < -0.39 is 0 Å². The van der Waals surface area contributed by atoms with Crippen LogP contribution in [0.15, 0.2) is 42.5 Å². The lowest BCUT2D eigenvalue weighted by atomic mass is 10.0. The predicted octanol–water partition coefficient (Wildman–Crippen LogP) is 3.23. The van der Waals surface area contributed by atoms with Crippen molar-refractivity contribution < 1.29 is 4.39 Å². The number of nitrogens with zero attached hydrogens (tertiary/aromatic N) is 3. The van der Waals surface area contributed by atoms with Gasteiger partial charge in [-0.05, 0) is 37.7 Å². The Bertz CT molecular complexity index is 766. The third-order valence-corrected chi connectivity index (χ3v) is 3.55. The molecular weight excluding hydrogens is 267 g/mol. The number of benzene rings is 2. The fraction of sp³-hybridized carbons (Fsp3) is 0.250. The Kier molecular flexibility index (Phi) is 3.66. The molecular formula is C16H17FN4. The summed E-state index contributed by atoms with van der Waals surface area (Å²) in [6.45, 7) is 4.72. The molecule has 0 saturated heterocycles. The summed E-state index contributed by atoms with van der Waals surface area (Å²) in [5, 5.41) is 11.6. The molecule has 0 aliphatic heterocycles. The first-order valence-electron chi connectivity index (χ1n) is 7.05. The second-order valence-electron chi connectivity index (χ2n) is 4.94. The lowest BCUT2D eigenvalue weighted by molar-refractivity contribution is 0.536. The predicted molar refractivity (Wildman–Crippen MR) is 80.9 cm³/mol. The van der Waals surface area contributed by atoms with Crippen molar-refractivity contribution in [1.29, 1.82) is 0 Å². The van der Waals surface area contributed by atoms with Crippen LogP contribution in [0.2, 0.25) is 0 Å². The average molecular weight is 284 g/mol. The number of halogens is 1. The Morgan fingerprint density at radius 2 is 2.00 bits per heavy atom. The zero-order valence-electron chi connectivity index (χ0n) is 12.0. The monoisotopic (exact) mass is 284 g/mol. The molecule has 1 heterocycles. The van der Waals surface area contributed by atoms with Gasteiger partial charge in [0.25, 0.3) is 0 Å². The molecule has 1 unspecified atom stereocenters. The van der Waals surface area contributed by atoms with Crippen molar-refractivity contribution in [2.75, 3.05) is 6.54 Å². The van der Waals surface area contributed by atoms with E-state index >= 15 is 0 Å². The van der Waals surface area contributed by atoms with Gasteiger partial charge in [0.15, 0.2) is 0 Å². The van der Waals surface area contributed by atoms with Crippen molar-refractivity contribution in [2.45, 2.75) is 19.9 Å². The van der Waals surface area contributed by atoms with Crippen LogP contribution < -0.4 is 5.32 Å². The molecule has 21 heavy (non-hydrogen) atoms. The van der Waals surface area contributed by atoms with Crippen molar-refractivity contribution in [3.05, 3.63) is 53.8 Å². The molecule has 2 aromatic carbocycles. The topological polar surface area (TPSA) is 42.7 Å². The standard InChI is InChI=1S/C16H17FN4/c1-3-18-11(2)16-12(17)7-6-10-15(16)21-14-9-5-4-8-13(14)19-20-21/h4-11,18H,3H2,1-2H3. The van der Waals surface area contributed by atoms with E-state index in [1.807, 2.05) is 44.2 Å². The fourth-order valence-corrected chi connectivity index (χ4v) is 2.59. The smallest absolute Gasteiger partial charge is 0.130 e. The number of rotatable bonds is 4. The number of para-hydroxylation sites is 1. The van der Waals surface area contributed by atoms with Gasteiger partial charge in [-0.2, -0.15) is 0 Å². The molecule has 1 aromatic heterocycles. The number of hydrogen-bond donors (Lipinski definition) is 1. The van der Waals surface area contributed by atoms with Crippen LogP contribution in [-0.4, -0.2) is 21.5 Å². The summed E-state index contributed by atoms with van der Waals surface area (Å²) in [7, 11) is 0. The minimum absolute atomic E-state index is 0.103. The van der Waals surface area contributed by atoms with Crippen LogP contribution >= 0.6 is 0 Å². The minimum Gasteiger partial charge on any atom is -0.310 e. The maximum atomic E-state index is 14.3. The van der Waals surface area contributed by atoms with Crippen molar-refractivity contribution in [2.24, 2.45) is 0 Å². The lowest BCUT2D eigenvalue weighted by Crippen LogP contribution is -2.21. The van der Waals surface area contributed by atoms with Crippen molar-refractivity contribution >= 4 is 11.0 Å². The highest BCUT2D eigenvalue weighted by molar-refractivity contribution is 5.76. The Hall–Kier alpha value is -2.27. The molecule has 3 rings (SSSR count). The third-order valence-electron chi connectivity index (χ3n) is 3.55. The van der Waals surface area contributed by atoms with Gasteiger partial charge in [0.05, 0.1) is 11.2 Å². The second kappa shape index (κ2) is 5.61. The van der Waals surface area contributed by atoms with Crippen molar-refractivity contribution in [3.63, 3.8) is 0 Å². The maximum absolute atomic E-state index is 14.3. The van der Waals surface area contributed by atoms with Gasteiger partial charge in [-0.3, -0.25) is 0 Å². The Morgan fingerprint density at radius 1 is 1.19 bits per heavy atom. The number of fused-ring (bicyclic) bond motifs is 1. The van der Waals surface area contributed by atoms with Gasteiger partial charge in [-0.15, -0.1) is 5.10 Å². The van der Waals surface area contributed by atoms with E-state index in [-0.39, 0.29) is 11.9 Å². The van der Waals surface area contributed by atoms with E-state index in [0.717, 1.165) is 23.3 Å². The van der Waals surface area contributed by atoms with Gasteiger partial charge in [0.2, 0.25) is 0 Å². The molecule has 0 saturated carbocycles. The third kappa shape index (κ3) is 2.40. The number of aromatic nitrogens is 3. The molecule has 0 bridgehead atoms. The van der Waals surface area contributed by atoms with E-state index in [0.29, 0.717) is 5.56 Å². The molecule has 0 radical (unpaired) electrons. The van der Waals surface area contributed by atoms with E-state index in [2.05, 4.69) is 15.6 Å². The average Bonchev–Trinajstić information content (AvgIpc) is 2.91. The lowest BCUT2D eigenvalue weighted by Gasteiger charge is -2.18. The fourth-order valence-electron chi connectivity index (χ4n) is 2.59. The minimum atomic E-state index is -0.236. The Balaban J connectivity index is 2.20. The van der Waals surface area contributed by atoms with Crippen LogP contribution in [0.3, 0.4) is 0 Å². The van der Waals surface area contributed by atoms with Crippen LogP contribution in [0.5, 0.6) is 0 Å². The highest BCUT2D eigenvalue weighted by Crippen LogP contribution is 2.26. The summed E-state index contributed by atoms with van der Waals surface area (Å²) < 4.78 is 16.0. The highest BCUT2D eigenvalue weighted by atomic mass is 19.1. The summed E-state index contributed by atoms with van der Waals surface area (Å²) in [5.74, 6) is -0.236. The first-order valence-corrected chi connectivity index (χ1v) is 7.05. The van der Waals surface area contributed by atoms with Crippen LogP contribution in [0, 0.1) is 5.82 Å². The largest absolute Gasteiger partial charge is 0.310 e. The molecule has 0 amide bonds. The van der Waals surface area contributed by atoms with Gasteiger partial charge >= 0.3 is 0 Å². The summed E-state index contributed by atoms with van der Waals surface area (Å²) in [4.78, 5) is 0. The first-order chi connectivity index (χ1) is 10.2. The van der Waals surface area contributed by atoms with Crippen LogP contribution in [0.25, 0.3) is 16.7 Å². The highest BCUT2D eigenvalue weighted by Gasteiger charge is 2.18. The number of hydrogen-bond acceptors (Lipinski definition) is 3. The number of nitrogens with one attached hydrogen (secondary N) is 1. The van der Waals surface area contributed by atoms with E-state index in [1.54, 1.807) is 10.7 Å². The van der Waals surface area contributed by atoms with Crippen LogP contribution in [0.4, 0.5) is 4.39 Å². The van der Waals surface area contributed by atoms with Gasteiger partial charge in [0.1, 0.15) is 11.3 Å². The van der Waals surface area contributed by atoms with Crippen molar-refractivity contribution in [1.82, 2.24) is 20.3 Å². The van der Waals surface area contributed by atoms with Gasteiger partial charge in [0, 0.05) is 11.6 Å². The molecule has 1 atom stereocenters. The van der Waals surface area contributed by atoms with E-state index in [1.165, 1.54) is 6.07 Å². The second-order valence-corrected chi connectivity index (χ2v) is 4.94. The van der Waals surface area contributed by atoms with Crippen LogP contribution in [0.1, 0.15) is 25.5 Å².